The number of unbranched alkanes of at least 4 members (excludes halogenated alkanes) is 7. The number of carboxylic acid groups (broad SMARTS) is 1. The van der Waals surface area contributed by atoms with Gasteiger partial charge in [-0.15, -0.1) is 0 Å². The van der Waals surface area contributed by atoms with Gasteiger partial charge in [0.1, 0.15) is 5.60 Å². The summed E-state index contributed by atoms with van der Waals surface area (Å²) in [6, 6.07) is 0. The molecule has 0 saturated carbocycles. The summed E-state index contributed by atoms with van der Waals surface area (Å²) in [4.78, 5) is 24.0. The molecule has 0 aliphatic rings. The van der Waals surface area contributed by atoms with Crippen LogP contribution in [0.4, 0.5) is 0 Å². The molecule has 0 bridgehead atoms. The predicted molar refractivity (Wildman–Crippen MR) is 103 cm³/mol. The Balaban J connectivity index is 4.45. The molecule has 4 heteroatoms. The molecule has 0 aromatic carbocycles. The Labute approximate surface area is 154 Å². The summed E-state index contributed by atoms with van der Waals surface area (Å²) >= 11 is 0. The molecule has 0 aromatic rings. The van der Waals surface area contributed by atoms with Crippen LogP contribution in [0.3, 0.4) is 0 Å². The molecule has 148 valence electrons. The number of rotatable bonds is 14. The van der Waals surface area contributed by atoms with Crippen LogP contribution in [0.25, 0.3) is 0 Å². The number of hydrogen-bond acceptors (Lipinski definition) is 3. The minimum absolute atomic E-state index is 0.127. The second-order valence-corrected chi connectivity index (χ2v) is 8.16. The van der Waals surface area contributed by atoms with Crippen LogP contribution < -0.4 is 0 Å². The van der Waals surface area contributed by atoms with Gasteiger partial charge in [-0.2, -0.15) is 0 Å². The van der Waals surface area contributed by atoms with E-state index in [-0.39, 0.29) is 5.92 Å². The number of esters is 1. The van der Waals surface area contributed by atoms with Gasteiger partial charge < -0.3 is 9.84 Å². The lowest BCUT2D eigenvalue weighted by molar-refractivity contribution is -0.169. The highest BCUT2D eigenvalue weighted by Crippen LogP contribution is 2.27. The van der Waals surface area contributed by atoms with E-state index >= 15 is 0 Å². The van der Waals surface area contributed by atoms with Crippen molar-refractivity contribution in [3.8, 4) is 0 Å². The number of carboxylic acids is 1. The summed E-state index contributed by atoms with van der Waals surface area (Å²) in [6.45, 7) is 9.58. The molecule has 0 amide bonds. The molecule has 0 radical (unpaired) electrons. The van der Waals surface area contributed by atoms with Crippen molar-refractivity contribution in [2.24, 2.45) is 11.8 Å². The number of carbonyl (C=O) groups excluding carboxylic acids is 1. The van der Waals surface area contributed by atoms with Gasteiger partial charge in [0.05, 0.1) is 0 Å². The molecule has 2 atom stereocenters. The maximum Gasteiger partial charge on any atom is 0.321 e. The predicted octanol–water partition coefficient (Wildman–Crippen LogP) is 5.98. The molecule has 0 rings (SSSR count). The lowest BCUT2D eigenvalue weighted by atomic mass is 9.84. The largest absolute Gasteiger partial charge is 0.481 e. The quantitative estimate of drug-likeness (QED) is 0.236. The van der Waals surface area contributed by atoms with Gasteiger partial charge in [-0.05, 0) is 39.5 Å². The zero-order chi connectivity index (χ0) is 19.3. The summed E-state index contributed by atoms with van der Waals surface area (Å²) in [6.07, 6.45) is 12.2. The zero-order valence-electron chi connectivity index (χ0n) is 17.1. The molecule has 0 aliphatic heterocycles. The van der Waals surface area contributed by atoms with E-state index in [0.29, 0.717) is 0 Å². The van der Waals surface area contributed by atoms with Crippen LogP contribution in [0.15, 0.2) is 0 Å². The second kappa shape index (κ2) is 13.2. The van der Waals surface area contributed by atoms with Crippen LogP contribution >= 0.6 is 0 Å². The van der Waals surface area contributed by atoms with Gasteiger partial charge in [-0.3, -0.25) is 9.59 Å². The molecule has 0 fully saturated rings. The van der Waals surface area contributed by atoms with Crippen molar-refractivity contribution in [2.45, 2.75) is 111 Å². The van der Waals surface area contributed by atoms with Crippen molar-refractivity contribution in [3.63, 3.8) is 0 Å². The fourth-order valence-corrected chi connectivity index (χ4v) is 3.25. The minimum atomic E-state index is -1.05. The van der Waals surface area contributed by atoms with Crippen LogP contribution in [0.5, 0.6) is 0 Å². The fourth-order valence-electron chi connectivity index (χ4n) is 3.25. The van der Waals surface area contributed by atoms with E-state index in [0.717, 1.165) is 32.1 Å². The minimum Gasteiger partial charge on any atom is -0.481 e. The molecular formula is C21H40O4. The SMILES string of the molecule is CCCCCCCCCCC(CCC)C(C(=O)O)C(=O)OC(C)(C)C. The summed E-state index contributed by atoms with van der Waals surface area (Å²) in [5.74, 6) is -2.80. The smallest absolute Gasteiger partial charge is 0.321 e. The zero-order valence-corrected chi connectivity index (χ0v) is 17.1. The van der Waals surface area contributed by atoms with Crippen LogP contribution in [-0.4, -0.2) is 22.6 Å². The number of carbonyl (C=O) groups is 2. The Morgan fingerprint density at radius 2 is 1.36 bits per heavy atom. The van der Waals surface area contributed by atoms with Gasteiger partial charge in [0, 0.05) is 0 Å². The lowest BCUT2D eigenvalue weighted by Crippen LogP contribution is -2.37. The van der Waals surface area contributed by atoms with E-state index < -0.39 is 23.5 Å². The molecular weight excluding hydrogens is 316 g/mol. The van der Waals surface area contributed by atoms with Crippen molar-refractivity contribution in [2.75, 3.05) is 0 Å². The van der Waals surface area contributed by atoms with E-state index in [1.807, 2.05) is 6.92 Å². The third kappa shape index (κ3) is 12.0. The molecule has 0 aliphatic carbocycles. The number of hydrogen-bond donors (Lipinski definition) is 1. The highest BCUT2D eigenvalue weighted by Gasteiger charge is 2.37. The number of ether oxygens (including phenoxy) is 1. The third-order valence-electron chi connectivity index (χ3n) is 4.49. The molecule has 4 nitrogen and oxygen atoms in total. The van der Waals surface area contributed by atoms with Gasteiger partial charge in [-0.1, -0.05) is 71.6 Å². The first-order valence-corrected chi connectivity index (χ1v) is 10.2. The van der Waals surface area contributed by atoms with E-state index in [1.165, 1.54) is 38.5 Å². The van der Waals surface area contributed by atoms with Gasteiger partial charge in [0.15, 0.2) is 5.92 Å². The summed E-state index contributed by atoms with van der Waals surface area (Å²) < 4.78 is 5.35. The Morgan fingerprint density at radius 1 is 0.840 bits per heavy atom. The highest BCUT2D eigenvalue weighted by atomic mass is 16.6. The molecule has 0 saturated heterocycles. The Kier molecular flexibility index (Phi) is 12.6. The summed E-state index contributed by atoms with van der Waals surface area (Å²) in [7, 11) is 0. The van der Waals surface area contributed by atoms with Crippen LogP contribution in [0, 0.1) is 11.8 Å². The van der Waals surface area contributed by atoms with Crippen molar-refractivity contribution in [1.29, 1.82) is 0 Å². The molecule has 0 heterocycles. The number of aliphatic carboxylic acids is 1. The molecule has 25 heavy (non-hydrogen) atoms. The van der Waals surface area contributed by atoms with Crippen molar-refractivity contribution in [3.05, 3.63) is 0 Å². The third-order valence-corrected chi connectivity index (χ3v) is 4.49. The average Bonchev–Trinajstić information content (AvgIpc) is 2.47. The van der Waals surface area contributed by atoms with Crippen molar-refractivity contribution >= 4 is 11.9 Å². The topological polar surface area (TPSA) is 63.6 Å². The van der Waals surface area contributed by atoms with Gasteiger partial charge in [0.2, 0.25) is 0 Å². The Morgan fingerprint density at radius 3 is 1.80 bits per heavy atom. The Bertz CT molecular complexity index is 371. The Hall–Kier alpha value is -1.06. The van der Waals surface area contributed by atoms with Gasteiger partial charge in [-0.25, -0.2) is 0 Å². The van der Waals surface area contributed by atoms with Gasteiger partial charge in [0.25, 0.3) is 0 Å². The lowest BCUT2D eigenvalue weighted by Gasteiger charge is -2.27. The summed E-state index contributed by atoms with van der Waals surface area (Å²) in [5.41, 5.74) is -0.653. The summed E-state index contributed by atoms with van der Waals surface area (Å²) in [5, 5.41) is 9.56. The first-order chi connectivity index (χ1) is 11.7. The first kappa shape index (κ1) is 23.9. The normalized spacial score (nSPS) is 14.1. The second-order valence-electron chi connectivity index (χ2n) is 8.16. The molecule has 2 unspecified atom stereocenters. The molecule has 1 N–H and O–H groups in total. The van der Waals surface area contributed by atoms with E-state index in [9.17, 15) is 14.7 Å². The maximum atomic E-state index is 12.3. The highest BCUT2D eigenvalue weighted by molar-refractivity contribution is 5.94. The van der Waals surface area contributed by atoms with Crippen molar-refractivity contribution < 1.29 is 19.4 Å². The van der Waals surface area contributed by atoms with E-state index in [2.05, 4.69) is 6.92 Å². The average molecular weight is 357 g/mol. The van der Waals surface area contributed by atoms with Crippen LogP contribution in [0.1, 0.15) is 105 Å². The van der Waals surface area contributed by atoms with Crippen LogP contribution in [-0.2, 0) is 14.3 Å². The molecule has 0 spiro atoms. The van der Waals surface area contributed by atoms with Crippen molar-refractivity contribution in [1.82, 2.24) is 0 Å². The first-order valence-electron chi connectivity index (χ1n) is 10.2. The van der Waals surface area contributed by atoms with E-state index in [4.69, 9.17) is 4.74 Å². The maximum absolute atomic E-state index is 12.3. The van der Waals surface area contributed by atoms with E-state index in [1.54, 1.807) is 20.8 Å². The fraction of sp³-hybridized carbons (Fsp3) is 0.905. The molecule has 0 aromatic heterocycles. The van der Waals surface area contributed by atoms with Gasteiger partial charge >= 0.3 is 11.9 Å². The van der Waals surface area contributed by atoms with Crippen LogP contribution in [0.2, 0.25) is 0 Å². The monoisotopic (exact) mass is 356 g/mol. The standard InChI is InChI=1S/C21H40O4/c1-6-8-9-10-11-12-13-14-16-17(15-7-2)18(19(22)23)20(24)25-21(3,4)5/h17-18H,6-16H2,1-5H3,(H,22,23).